The van der Waals surface area contributed by atoms with Gasteiger partial charge >= 0.3 is 5.97 Å². The smallest absolute Gasteiger partial charge is 0.302 e. The van der Waals surface area contributed by atoms with Crippen LogP contribution in [0.2, 0.25) is 0 Å². The van der Waals surface area contributed by atoms with Crippen LogP contribution < -0.4 is 11.3 Å². The van der Waals surface area contributed by atoms with E-state index in [9.17, 15) is 9.59 Å². The molecule has 3 heterocycles. The summed E-state index contributed by atoms with van der Waals surface area (Å²) in [6.45, 7) is 1.23. The number of nitrogen functional groups attached to an aromatic ring is 1. The van der Waals surface area contributed by atoms with E-state index in [0.717, 1.165) is 0 Å². The molecule has 1 fully saturated rings. The maximum absolute atomic E-state index is 11.8. The second-order valence-corrected chi connectivity index (χ2v) is 5.21. The van der Waals surface area contributed by atoms with Gasteiger partial charge in [-0.15, -0.1) is 0 Å². The number of hydrogen-bond donors (Lipinski definition) is 2. The average Bonchev–Trinajstić information content (AvgIpc) is 3.09. The van der Waals surface area contributed by atoms with E-state index in [0.29, 0.717) is 6.42 Å². The standard InChI is InChI=1S/C12H14N8O4/c1-5(21)23-3-7-6(18-19-14)2-8(24-7)20-4-15-9-10(20)16-12(13)17-11(9)22/h4,6-8H,2-3H2,1H3,(H3,13,16,17,22)/t6-,7+,8+/m0/s1. The Hall–Kier alpha value is -3.11. The summed E-state index contributed by atoms with van der Waals surface area (Å²) in [5.41, 5.74) is 14.2. The van der Waals surface area contributed by atoms with E-state index in [1.807, 2.05) is 0 Å². The van der Waals surface area contributed by atoms with Gasteiger partial charge in [0.2, 0.25) is 5.95 Å². The first-order chi connectivity index (χ1) is 11.5. The number of aromatic nitrogens is 4. The number of azide groups is 1. The van der Waals surface area contributed by atoms with Crippen LogP contribution >= 0.6 is 0 Å². The molecular formula is C12H14N8O4. The largest absolute Gasteiger partial charge is 0.463 e. The molecule has 3 rings (SSSR count). The summed E-state index contributed by atoms with van der Waals surface area (Å²) in [5, 5.41) is 3.68. The predicted molar refractivity (Wildman–Crippen MR) is 80.7 cm³/mol. The Labute approximate surface area is 134 Å². The molecule has 24 heavy (non-hydrogen) atoms. The fourth-order valence-corrected chi connectivity index (χ4v) is 2.58. The van der Waals surface area contributed by atoms with Crippen molar-refractivity contribution < 1.29 is 14.3 Å². The average molecular weight is 334 g/mol. The van der Waals surface area contributed by atoms with Crippen LogP contribution in [0.3, 0.4) is 0 Å². The van der Waals surface area contributed by atoms with Crippen LogP contribution in [0.1, 0.15) is 19.6 Å². The van der Waals surface area contributed by atoms with Gasteiger partial charge in [0, 0.05) is 18.3 Å². The summed E-state index contributed by atoms with van der Waals surface area (Å²) in [7, 11) is 0. The van der Waals surface area contributed by atoms with Gasteiger partial charge in [-0.25, -0.2) is 4.98 Å². The van der Waals surface area contributed by atoms with Crippen molar-refractivity contribution in [2.45, 2.75) is 31.7 Å². The van der Waals surface area contributed by atoms with Crippen molar-refractivity contribution in [1.29, 1.82) is 0 Å². The Morgan fingerprint density at radius 2 is 2.50 bits per heavy atom. The van der Waals surface area contributed by atoms with Gasteiger partial charge in [0.25, 0.3) is 5.56 Å². The van der Waals surface area contributed by atoms with E-state index in [4.69, 9.17) is 20.7 Å². The number of hydrogen-bond acceptors (Lipinski definition) is 8. The summed E-state index contributed by atoms with van der Waals surface area (Å²) in [6.07, 6.45) is 0.528. The molecule has 0 unspecified atom stereocenters. The topological polar surface area (TPSA) is 174 Å². The van der Waals surface area contributed by atoms with E-state index in [1.165, 1.54) is 17.8 Å². The molecule has 0 radical (unpaired) electrons. The fraction of sp³-hybridized carbons (Fsp3) is 0.500. The van der Waals surface area contributed by atoms with Crippen LogP contribution in [0.25, 0.3) is 21.6 Å². The molecule has 0 bridgehead atoms. The molecule has 0 aliphatic carbocycles. The van der Waals surface area contributed by atoms with Gasteiger partial charge in [-0.2, -0.15) is 4.98 Å². The molecule has 0 saturated carbocycles. The molecule has 1 aliphatic heterocycles. The van der Waals surface area contributed by atoms with Gasteiger partial charge in [0.15, 0.2) is 11.2 Å². The maximum atomic E-state index is 11.8. The van der Waals surface area contributed by atoms with Crippen molar-refractivity contribution in [2.24, 2.45) is 5.11 Å². The number of ether oxygens (including phenoxy) is 2. The highest BCUT2D eigenvalue weighted by Crippen LogP contribution is 2.32. The van der Waals surface area contributed by atoms with Crippen LogP contribution in [0.15, 0.2) is 16.2 Å². The van der Waals surface area contributed by atoms with Gasteiger partial charge in [0.05, 0.1) is 12.4 Å². The number of H-pyrrole nitrogens is 1. The highest BCUT2D eigenvalue weighted by molar-refractivity contribution is 5.70. The third-order valence-corrected chi connectivity index (χ3v) is 3.62. The molecule has 3 N–H and O–H groups in total. The normalized spacial score (nSPS) is 23.1. The number of nitrogens with two attached hydrogens (primary N) is 1. The van der Waals surface area contributed by atoms with Crippen molar-refractivity contribution in [3.63, 3.8) is 0 Å². The van der Waals surface area contributed by atoms with Gasteiger partial charge < -0.3 is 15.2 Å². The van der Waals surface area contributed by atoms with Gasteiger partial charge in [-0.3, -0.25) is 19.1 Å². The lowest BCUT2D eigenvalue weighted by Crippen LogP contribution is -2.26. The third kappa shape index (κ3) is 2.87. The van der Waals surface area contributed by atoms with Gasteiger partial charge in [-0.1, -0.05) is 5.11 Å². The molecule has 1 saturated heterocycles. The Kier molecular flexibility index (Phi) is 4.06. The maximum Gasteiger partial charge on any atom is 0.302 e. The number of nitrogens with one attached hydrogen (secondary N) is 1. The first-order valence-electron chi connectivity index (χ1n) is 7.05. The number of nitrogens with zero attached hydrogens (tertiary/aromatic N) is 6. The molecule has 12 heteroatoms. The number of fused-ring (bicyclic) bond motifs is 1. The minimum absolute atomic E-state index is 0.0434. The van der Waals surface area contributed by atoms with Crippen molar-refractivity contribution >= 4 is 23.1 Å². The minimum atomic E-state index is -0.605. The van der Waals surface area contributed by atoms with E-state index < -0.39 is 29.9 Å². The summed E-state index contributed by atoms with van der Waals surface area (Å²) in [6, 6.07) is -0.531. The minimum Gasteiger partial charge on any atom is -0.463 e. The summed E-state index contributed by atoms with van der Waals surface area (Å²) < 4.78 is 12.3. The number of carbonyl (C=O) groups excluding carboxylic acids is 1. The number of esters is 1. The van der Waals surface area contributed by atoms with E-state index in [-0.39, 0.29) is 23.7 Å². The predicted octanol–water partition coefficient (Wildman–Crippen LogP) is 0.231. The summed E-state index contributed by atoms with van der Waals surface area (Å²) in [4.78, 5) is 36.0. The first kappa shape index (κ1) is 15.8. The highest BCUT2D eigenvalue weighted by atomic mass is 16.6. The number of imidazole rings is 1. The second-order valence-electron chi connectivity index (χ2n) is 5.21. The van der Waals surface area contributed by atoms with Crippen molar-refractivity contribution in [3.05, 3.63) is 27.1 Å². The lowest BCUT2D eigenvalue weighted by atomic mass is 10.1. The van der Waals surface area contributed by atoms with Gasteiger partial charge in [-0.05, 0) is 5.53 Å². The van der Waals surface area contributed by atoms with Crippen LogP contribution in [0, 0.1) is 0 Å². The molecule has 0 spiro atoms. The Balaban J connectivity index is 1.91. The van der Waals surface area contributed by atoms with Crippen LogP contribution in [0.4, 0.5) is 5.95 Å². The zero-order valence-electron chi connectivity index (χ0n) is 12.6. The molecular weight excluding hydrogens is 320 g/mol. The van der Waals surface area contributed by atoms with Gasteiger partial charge in [0.1, 0.15) is 18.9 Å². The summed E-state index contributed by atoms with van der Waals surface area (Å²) >= 11 is 0. The quantitative estimate of drug-likeness (QED) is 0.348. The molecule has 2 aromatic rings. The zero-order chi connectivity index (χ0) is 17.3. The molecule has 3 atom stereocenters. The van der Waals surface area contributed by atoms with Crippen molar-refractivity contribution in [2.75, 3.05) is 12.3 Å². The summed E-state index contributed by atoms with van der Waals surface area (Å²) in [5.74, 6) is -0.508. The SMILES string of the molecule is CC(=O)OC[C@H]1O[C@@H](n2cnc3c(=O)[nH]c(N)nc32)C[C@@H]1N=[N+]=[N-]. The lowest BCUT2D eigenvalue weighted by molar-refractivity contribution is -0.145. The van der Waals surface area contributed by atoms with E-state index >= 15 is 0 Å². The number of anilines is 1. The highest BCUT2D eigenvalue weighted by Gasteiger charge is 2.37. The second kappa shape index (κ2) is 6.18. The molecule has 1 aliphatic rings. The molecule has 2 aromatic heterocycles. The molecule has 12 nitrogen and oxygen atoms in total. The van der Waals surface area contributed by atoms with Crippen molar-refractivity contribution in [3.8, 4) is 0 Å². The lowest BCUT2D eigenvalue weighted by Gasteiger charge is -2.15. The Morgan fingerprint density at radius 1 is 1.71 bits per heavy atom. The fourth-order valence-electron chi connectivity index (χ4n) is 2.58. The van der Waals surface area contributed by atoms with Crippen molar-refractivity contribution in [1.82, 2.24) is 19.5 Å². The number of aromatic amines is 1. The number of rotatable bonds is 4. The van der Waals surface area contributed by atoms with Crippen LogP contribution in [-0.4, -0.2) is 44.2 Å². The molecule has 126 valence electrons. The van der Waals surface area contributed by atoms with E-state index in [1.54, 1.807) is 0 Å². The number of carbonyl (C=O) groups is 1. The molecule has 0 amide bonds. The van der Waals surface area contributed by atoms with Crippen LogP contribution in [0.5, 0.6) is 0 Å². The Bertz CT molecular complexity index is 883. The molecule has 0 aromatic carbocycles. The van der Waals surface area contributed by atoms with E-state index in [2.05, 4.69) is 25.0 Å². The first-order valence-corrected chi connectivity index (χ1v) is 7.05. The third-order valence-electron chi connectivity index (χ3n) is 3.62. The Morgan fingerprint density at radius 3 is 3.21 bits per heavy atom. The monoisotopic (exact) mass is 334 g/mol. The zero-order valence-corrected chi connectivity index (χ0v) is 12.6. The van der Waals surface area contributed by atoms with Crippen LogP contribution in [-0.2, 0) is 14.3 Å².